The van der Waals surface area contributed by atoms with E-state index in [9.17, 15) is 4.21 Å². The van der Waals surface area contributed by atoms with Crippen molar-refractivity contribution in [1.29, 1.82) is 0 Å². The van der Waals surface area contributed by atoms with Gasteiger partial charge in [-0.25, -0.2) is 0 Å². The van der Waals surface area contributed by atoms with Gasteiger partial charge in [-0.2, -0.15) is 4.21 Å². The molecular formula is C30H30O5S. The van der Waals surface area contributed by atoms with Gasteiger partial charge >= 0.3 is 11.4 Å². The summed E-state index contributed by atoms with van der Waals surface area (Å²) in [6.45, 7) is 4.07. The minimum atomic E-state index is -1.91. The number of ether oxygens (including phenoxy) is 2. The van der Waals surface area contributed by atoms with Crippen LogP contribution in [0.5, 0.6) is 11.5 Å². The first-order valence-corrected chi connectivity index (χ1v) is 12.9. The van der Waals surface area contributed by atoms with Gasteiger partial charge in [0.2, 0.25) is 0 Å². The van der Waals surface area contributed by atoms with Gasteiger partial charge in [0.25, 0.3) is 0 Å². The van der Waals surface area contributed by atoms with Crippen molar-refractivity contribution in [2.45, 2.75) is 26.1 Å². The van der Waals surface area contributed by atoms with E-state index in [-0.39, 0.29) is 13.2 Å². The maximum absolute atomic E-state index is 12.2. The van der Waals surface area contributed by atoms with Crippen molar-refractivity contribution in [3.63, 3.8) is 0 Å². The summed E-state index contributed by atoms with van der Waals surface area (Å²) < 4.78 is 34.6. The maximum Gasteiger partial charge on any atom is 0.305 e. The molecule has 0 spiro atoms. The molecule has 36 heavy (non-hydrogen) atoms. The second kappa shape index (κ2) is 13.0. The second-order valence-corrected chi connectivity index (χ2v) is 9.21. The van der Waals surface area contributed by atoms with Crippen LogP contribution in [0, 0.1) is 0 Å². The maximum atomic E-state index is 12.2. The Bertz CT molecular complexity index is 1110. The summed E-state index contributed by atoms with van der Waals surface area (Å²) in [7, 11) is 0. The van der Waals surface area contributed by atoms with Gasteiger partial charge in [-0.15, -0.1) is 0 Å². The highest BCUT2D eigenvalue weighted by atomic mass is 32.2. The summed E-state index contributed by atoms with van der Waals surface area (Å²) in [5.41, 5.74) is 4.53. The summed E-state index contributed by atoms with van der Waals surface area (Å²) >= 11 is -1.91. The van der Waals surface area contributed by atoms with Gasteiger partial charge in [0, 0.05) is 0 Å². The Balaban J connectivity index is 1.16. The van der Waals surface area contributed by atoms with Crippen LogP contribution in [0.3, 0.4) is 0 Å². The average molecular weight is 503 g/mol. The van der Waals surface area contributed by atoms with Crippen molar-refractivity contribution in [3.8, 4) is 33.8 Å². The highest BCUT2D eigenvalue weighted by Crippen LogP contribution is 2.23. The van der Waals surface area contributed by atoms with Crippen LogP contribution < -0.4 is 9.47 Å². The van der Waals surface area contributed by atoms with Crippen LogP contribution in [0.1, 0.15) is 13.8 Å². The average Bonchev–Trinajstić information content (AvgIpc) is 2.92. The molecule has 0 saturated carbocycles. The standard InChI is InChI=1S/C30H30O5S/c1-23(21-32-29-17-13-27(14-18-29)25-9-5-3-6-10-25)34-36(31)35-24(2)22-33-30-19-15-28(16-20-30)26-11-7-4-8-12-26/h3-20,23-24H,21-22H2,1-2H3. The van der Waals surface area contributed by atoms with Crippen LogP contribution in [0.15, 0.2) is 109 Å². The van der Waals surface area contributed by atoms with E-state index >= 15 is 0 Å². The molecule has 0 N–H and O–H groups in total. The molecule has 0 amide bonds. The number of hydrogen-bond donors (Lipinski definition) is 0. The fraction of sp³-hybridized carbons (Fsp3) is 0.200. The van der Waals surface area contributed by atoms with Crippen LogP contribution in [-0.2, 0) is 19.7 Å². The Morgan fingerprint density at radius 1 is 0.528 bits per heavy atom. The summed E-state index contributed by atoms with van der Waals surface area (Å²) in [6, 6.07) is 36.0. The van der Waals surface area contributed by atoms with Gasteiger partial charge in [0.05, 0.1) is 0 Å². The first-order chi connectivity index (χ1) is 17.6. The molecular weight excluding hydrogens is 472 g/mol. The first-order valence-electron chi connectivity index (χ1n) is 11.9. The van der Waals surface area contributed by atoms with E-state index < -0.39 is 23.6 Å². The molecule has 0 aromatic heterocycles. The summed E-state index contributed by atoms with van der Waals surface area (Å²) in [5.74, 6) is 1.44. The first kappa shape index (κ1) is 25.6. The number of benzene rings is 4. The fourth-order valence-electron chi connectivity index (χ4n) is 3.52. The molecule has 186 valence electrons. The predicted octanol–water partition coefficient (Wildman–Crippen LogP) is 6.87. The van der Waals surface area contributed by atoms with Gasteiger partial charge in [0.15, 0.2) is 0 Å². The summed E-state index contributed by atoms with van der Waals surface area (Å²) in [6.07, 6.45) is -0.837. The van der Waals surface area contributed by atoms with Crippen molar-refractivity contribution < 1.29 is 22.0 Å². The Morgan fingerprint density at radius 3 is 1.22 bits per heavy atom. The van der Waals surface area contributed by atoms with Crippen LogP contribution in [0.25, 0.3) is 22.3 Å². The topological polar surface area (TPSA) is 54.0 Å². The van der Waals surface area contributed by atoms with Crippen LogP contribution in [-0.4, -0.2) is 29.6 Å². The van der Waals surface area contributed by atoms with E-state index in [4.69, 9.17) is 17.8 Å². The molecule has 4 rings (SSSR count). The molecule has 0 radical (unpaired) electrons. The Hall–Kier alpha value is -3.45. The molecule has 0 aliphatic heterocycles. The van der Waals surface area contributed by atoms with E-state index in [1.165, 1.54) is 0 Å². The summed E-state index contributed by atoms with van der Waals surface area (Å²) in [4.78, 5) is 0. The minimum absolute atomic E-state index is 0.248. The Labute approximate surface area is 215 Å². The highest BCUT2D eigenvalue weighted by molar-refractivity contribution is 7.75. The third-order valence-electron chi connectivity index (χ3n) is 5.38. The SMILES string of the molecule is CC(COc1ccc(-c2ccccc2)cc1)OS(=O)OC(C)COc1ccc(-c2ccccc2)cc1. The molecule has 4 aromatic rings. The van der Waals surface area contributed by atoms with Crippen LogP contribution in [0.2, 0.25) is 0 Å². The van der Waals surface area contributed by atoms with E-state index in [1.54, 1.807) is 13.8 Å². The van der Waals surface area contributed by atoms with Gasteiger partial charge in [-0.05, 0) is 60.4 Å². The minimum Gasteiger partial charge on any atom is -0.491 e. The lowest BCUT2D eigenvalue weighted by atomic mass is 10.1. The third-order valence-corrected chi connectivity index (χ3v) is 6.35. The Morgan fingerprint density at radius 2 is 0.861 bits per heavy atom. The fourth-order valence-corrected chi connectivity index (χ4v) is 4.22. The number of hydrogen-bond acceptors (Lipinski definition) is 5. The lowest BCUT2D eigenvalue weighted by molar-refractivity contribution is 0.103. The lowest BCUT2D eigenvalue weighted by Crippen LogP contribution is -2.24. The zero-order valence-electron chi connectivity index (χ0n) is 20.4. The monoisotopic (exact) mass is 502 g/mol. The van der Waals surface area contributed by atoms with Crippen molar-refractivity contribution >= 4 is 11.4 Å². The zero-order chi connectivity index (χ0) is 25.2. The molecule has 0 heterocycles. The van der Waals surface area contributed by atoms with Gasteiger partial charge in [0.1, 0.15) is 36.9 Å². The largest absolute Gasteiger partial charge is 0.491 e. The molecule has 4 aromatic carbocycles. The van der Waals surface area contributed by atoms with Crippen molar-refractivity contribution in [3.05, 3.63) is 109 Å². The van der Waals surface area contributed by atoms with Crippen LogP contribution in [0.4, 0.5) is 0 Å². The molecule has 0 aliphatic carbocycles. The van der Waals surface area contributed by atoms with E-state index in [2.05, 4.69) is 24.3 Å². The molecule has 0 saturated heterocycles. The smallest absolute Gasteiger partial charge is 0.305 e. The van der Waals surface area contributed by atoms with Gasteiger partial charge in [-0.3, -0.25) is 8.37 Å². The summed E-state index contributed by atoms with van der Waals surface area (Å²) in [5, 5.41) is 0. The third kappa shape index (κ3) is 7.78. The molecule has 5 nitrogen and oxygen atoms in total. The molecule has 0 fully saturated rings. The molecule has 2 atom stereocenters. The van der Waals surface area contributed by atoms with Crippen LogP contribution >= 0.6 is 0 Å². The predicted molar refractivity (Wildman–Crippen MR) is 144 cm³/mol. The van der Waals surface area contributed by atoms with Gasteiger partial charge < -0.3 is 9.47 Å². The van der Waals surface area contributed by atoms with Gasteiger partial charge in [-0.1, -0.05) is 84.9 Å². The normalized spacial score (nSPS) is 13.5. The van der Waals surface area contributed by atoms with Crippen molar-refractivity contribution in [2.75, 3.05) is 13.2 Å². The quantitative estimate of drug-likeness (QED) is 0.212. The number of rotatable bonds is 12. The highest BCUT2D eigenvalue weighted by Gasteiger charge is 2.14. The zero-order valence-corrected chi connectivity index (χ0v) is 21.2. The molecule has 2 unspecified atom stereocenters. The molecule has 0 bridgehead atoms. The van der Waals surface area contributed by atoms with E-state index in [0.29, 0.717) is 0 Å². The Kier molecular flexibility index (Phi) is 9.27. The van der Waals surface area contributed by atoms with E-state index in [1.807, 2.05) is 84.9 Å². The lowest BCUT2D eigenvalue weighted by Gasteiger charge is -2.16. The second-order valence-electron chi connectivity index (χ2n) is 8.42. The van der Waals surface area contributed by atoms with Crippen molar-refractivity contribution in [2.24, 2.45) is 0 Å². The molecule has 6 heteroatoms. The van der Waals surface area contributed by atoms with E-state index in [0.717, 1.165) is 33.8 Å². The molecule has 0 aliphatic rings. The van der Waals surface area contributed by atoms with Crippen molar-refractivity contribution in [1.82, 2.24) is 0 Å².